The smallest absolute Gasteiger partial charge is 0.254 e. The number of nitrogens with two attached hydrogens (primary N) is 2. The lowest BCUT2D eigenvalue weighted by molar-refractivity contribution is -0.118. The van der Waals surface area contributed by atoms with Gasteiger partial charge in [-0.1, -0.05) is 13.3 Å². The van der Waals surface area contributed by atoms with Crippen LogP contribution < -0.4 is 16.4 Å². The zero-order valence-corrected chi connectivity index (χ0v) is 12.9. The van der Waals surface area contributed by atoms with Gasteiger partial charge in [0.25, 0.3) is 5.91 Å². The van der Waals surface area contributed by atoms with Gasteiger partial charge in [0.2, 0.25) is 5.91 Å². The van der Waals surface area contributed by atoms with Crippen molar-refractivity contribution in [3.8, 4) is 0 Å². The molecule has 116 valence electrons. The van der Waals surface area contributed by atoms with Crippen molar-refractivity contribution in [1.29, 1.82) is 0 Å². The molecule has 6 nitrogen and oxygen atoms in total. The van der Waals surface area contributed by atoms with E-state index in [2.05, 4.69) is 0 Å². The molecule has 21 heavy (non-hydrogen) atoms. The summed E-state index contributed by atoms with van der Waals surface area (Å²) in [6.07, 6.45) is 1.76. The van der Waals surface area contributed by atoms with E-state index in [1.807, 2.05) is 25.9 Å². The summed E-state index contributed by atoms with van der Waals surface area (Å²) in [5.74, 6) is -0.739. The van der Waals surface area contributed by atoms with Crippen molar-refractivity contribution in [2.24, 2.45) is 5.73 Å². The summed E-state index contributed by atoms with van der Waals surface area (Å²) in [5.41, 5.74) is 13.0. The summed E-state index contributed by atoms with van der Waals surface area (Å²) in [6, 6.07) is 5.15. The Labute approximate surface area is 125 Å². The fourth-order valence-corrected chi connectivity index (χ4v) is 2.07. The number of hydrogen-bond donors (Lipinski definition) is 2. The van der Waals surface area contributed by atoms with E-state index in [0.717, 1.165) is 18.5 Å². The largest absolute Gasteiger partial charge is 0.397 e. The van der Waals surface area contributed by atoms with Crippen LogP contribution in [-0.4, -0.2) is 43.9 Å². The van der Waals surface area contributed by atoms with Gasteiger partial charge in [0.1, 0.15) is 0 Å². The second-order valence-corrected chi connectivity index (χ2v) is 5.21. The van der Waals surface area contributed by atoms with Crippen LogP contribution in [0.2, 0.25) is 0 Å². The first-order valence-electron chi connectivity index (χ1n) is 7.01. The molecule has 0 radical (unpaired) electrons. The quantitative estimate of drug-likeness (QED) is 0.735. The van der Waals surface area contributed by atoms with Crippen molar-refractivity contribution in [3.05, 3.63) is 23.8 Å². The minimum absolute atomic E-state index is 0.0752. The summed E-state index contributed by atoms with van der Waals surface area (Å²) < 4.78 is 0. The van der Waals surface area contributed by atoms with Crippen molar-refractivity contribution >= 4 is 23.2 Å². The number of benzene rings is 1. The van der Waals surface area contributed by atoms with E-state index < -0.39 is 5.91 Å². The van der Waals surface area contributed by atoms with Gasteiger partial charge in [0, 0.05) is 26.2 Å². The topological polar surface area (TPSA) is 92.7 Å². The molecule has 0 aliphatic heterocycles. The summed E-state index contributed by atoms with van der Waals surface area (Å²) in [7, 11) is 3.77. The standard InChI is InChI=1S/C15H24N4O2/c1-4-5-8-19(10-14(17)20)15(21)11-6-7-13(18(2)3)12(16)9-11/h6-7,9H,4-5,8,10,16H2,1-3H3,(H2,17,20). The van der Waals surface area contributed by atoms with E-state index in [0.29, 0.717) is 17.8 Å². The Morgan fingerprint density at radius 2 is 1.90 bits per heavy atom. The van der Waals surface area contributed by atoms with Gasteiger partial charge in [0.15, 0.2) is 0 Å². The maximum atomic E-state index is 12.5. The number of anilines is 2. The lowest BCUT2D eigenvalue weighted by Crippen LogP contribution is -2.39. The average Bonchev–Trinajstić information content (AvgIpc) is 2.41. The van der Waals surface area contributed by atoms with Gasteiger partial charge in [-0.15, -0.1) is 0 Å². The van der Waals surface area contributed by atoms with E-state index in [1.54, 1.807) is 18.2 Å². The second-order valence-electron chi connectivity index (χ2n) is 5.21. The highest BCUT2D eigenvalue weighted by Crippen LogP contribution is 2.23. The second kappa shape index (κ2) is 7.52. The third-order valence-corrected chi connectivity index (χ3v) is 3.17. The molecule has 1 rings (SSSR count). The Balaban J connectivity index is 2.97. The Morgan fingerprint density at radius 3 is 2.38 bits per heavy atom. The predicted octanol–water partition coefficient (Wildman–Crippen LogP) is 1.06. The van der Waals surface area contributed by atoms with Crippen LogP contribution in [0.4, 0.5) is 11.4 Å². The molecule has 0 unspecified atom stereocenters. The third kappa shape index (κ3) is 4.66. The first-order chi connectivity index (χ1) is 9.86. The molecule has 1 aromatic rings. The van der Waals surface area contributed by atoms with Gasteiger partial charge in [-0.05, 0) is 24.6 Å². The van der Waals surface area contributed by atoms with Crippen LogP contribution in [0.1, 0.15) is 30.1 Å². The molecule has 6 heteroatoms. The van der Waals surface area contributed by atoms with Crippen LogP contribution in [-0.2, 0) is 4.79 Å². The zero-order chi connectivity index (χ0) is 16.0. The number of rotatable bonds is 7. The molecule has 0 saturated heterocycles. The molecule has 1 aromatic carbocycles. The van der Waals surface area contributed by atoms with E-state index in [-0.39, 0.29) is 12.5 Å². The Morgan fingerprint density at radius 1 is 1.24 bits per heavy atom. The van der Waals surface area contributed by atoms with E-state index in [1.165, 1.54) is 4.90 Å². The fourth-order valence-electron chi connectivity index (χ4n) is 2.07. The Hall–Kier alpha value is -2.24. The van der Waals surface area contributed by atoms with Crippen LogP contribution in [0, 0.1) is 0 Å². The van der Waals surface area contributed by atoms with Crippen molar-refractivity contribution in [1.82, 2.24) is 4.90 Å². The van der Waals surface area contributed by atoms with Crippen molar-refractivity contribution in [2.45, 2.75) is 19.8 Å². The molecule has 2 amide bonds. The average molecular weight is 292 g/mol. The number of unbranched alkanes of at least 4 members (excludes halogenated alkanes) is 1. The number of carbonyl (C=O) groups excluding carboxylic acids is 2. The third-order valence-electron chi connectivity index (χ3n) is 3.17. The Kier molecular flexibility index (Phi) is 6.02. The molecular weight excluding hydrogens is 268 g/mol. The van der Waals surface area contributed by atoms with Crippen molar-refractivity contribution < 1.29 is 9.59 Å². The van der Waals surface area contributed by atoms with E-state index in [9.17, 15) is 9.59 Å². The van der Waals surface area contributed by atoms with Gasteiger partial charge in [-0.25, -0.2) is 0 Å². The number of carbonyl (C=O) groups is 2. The molecule has 0 aliphatic carbocycles. The number of primary amides is 1. The van der Waals surface area contributed by atoms with Gasteiger partial charge in [-0.3, -0.25) is 9.59 Å². The van der Waals surface area contributed by atoms with E-state index in [4.69, 9.17) is 11.5 Å². The first-order valence-corrected chi connectivity index (χ1v) is 7.01. The van der Waals surface area contributed by atoms with Crippen LogP contribution >= 0.6 is 0 Å². The van der Waals surface area contributed by atoms with Crippen LogP contribution in [0.25, 0.3) is 0 Å². The highest BCUT2D eigenvalue weighted by Gasteiger charge is 2.18. The lowest BCUT2D eigenvalue weighted by Gasteiger charge is -2.22. The minimum atomic E-state index is -0.516. The zero-order valence-electron chi connectivity index (χ0n) is 12.9. The summed E-state index contributed by atoms with van der Waals surface area (Å²) >= 11 is 0. The number of nitrogen functional groups attached to an aromatic ring is 1. The molecular formula is C15H24N4O2. The molecule has 0 aromatic heterocycles. The molecule has 0 aliphatic rings. The summed E-state index contributed by atoms with van der Waals surface area (Å²) in [5, 5.41) is 0. The van der Waals surface area contributed by atoms with Gasteiger partial charge in [-0.2, -0.15) is 0 Å². The van der Waals surface area contributed by atoms with E-state index >= 15 is 0 Å². The minimum Gasteiger partial charge on any atom is -0.397 e. The Bertz CT molecular complexity index is 514. The molecule has 4 N–H and O–H groups in total. The SMILES string of the molecule is CCCCN(CC(N)=O)C(=O)c1ccc(N(C)C)c(N)c1. The highest BCUT2D eigenvalue weighted by atomic mass is 16.2. The molecule has 0 fully saturated rings. The van der Waals surface area contributed by atoms with Crippen LogP contribution in [0.15, 0.2) is 18.2 Å². The molecule has 0 spiro atoms. The lowest BCUT2D eigenvalue weighted by atomic mass is 10.1. The fraction of sp³-hybridized carbons (Fsp3) is 0.467. The molecule has 0 atom stereocenters. The predicted molar refractivity (Wildman–Crippen MR) is 85.2 cm³/mol. The number of amides is 2. The van der Waals surface area contributed by atoms with Crippen molar-refractivity contribution in [2.75, 3.05) is 37.8 Å². The number of nitrogens with zero attached hydrogens (tertiary/aromatic N) is 2. The van der Waals surface area contributed by atoms with Crippen LogP contribution in [0.3, 0.4) is 0 Å². The van der Waals surface area contributed by atoms with Crippen LogP contribution in [0.5, 0.6) is 0 Å². The molecule has 0 bridgehead atoms. The summed E-state index contributed by atoms with van der Waals surface area (Å²) in [4.78, 5) is 26.9. The maximum absolute atomic E-state index is 12.5. The monoisotopic (exact) mass is 292 g/mol. The number of hydrogen-bond acceptors (Lipinski definition) is 4. The first kappa shape index (κ1) is 16.8. The molecule has 0 saturated carbocycles. The molecule has 0 heterocycles. The van der Waals surface area contributed by atoms with Gasteiger partial charge in [0.05, 0.1) is 17.9 Å². The van der Waals surface area contributed by atoms with Crippen molar-refractivity contribution in [3.63, 3.8) is 0 Å². The normalized spacial score (nSPS) is 10.2. The van der Waals surface area contributed by atoms with Gasteiger partial charge >= 0.3 is 0 Å². The van der Waals surface area contributed by atoms with Gasteiger partial charge < -0.3 is 21.3 Å². The highest BCUT2D eigenvalue weighted by molar-refractivity contribution is 5.98. The maximum Gasteiger partial charge on any atom is 0.254 e. The summed E-state index contributed by atoms with van der Waals surface area (Å²) in [6.45, 7) is 2.46.